The van der Waals surface area contributed by atoms with Gasteiger partial charge in [0.05, 0.1) is 29.5 Å². The van der Waals surface area contributed by atoms with Crippen molar-refractivity contribution in [3.63, 3.8) is 0 Å². The van der Waals surface area contributed by atoms with Gasteiger partial charge in [-0.05, 0) is 51.0 Å². The minimum atomic E-state index is -4.38. The quantitative estimate of drug-likeness (QED) is 0.858. The zero-order valence-electron chi connectivity index (χ0n) is 15.6. The summed E-state index contributed by atoms with van der Waals surface area (Å²) >= 11 is 0. The smallest absolute Gasteiger partial charge is 0.341 e. The standard InChI is InChI=1S/C18H22F3N5O/c1-10-7-12(18(19,20)21)5-6-13(10)17(3,4)26-9-15(24-25-26)14-8-16(27)23-11(2)22-14/h5-7,9,11,14,22H,8H2,1-4H3,(H,23,27). The van der Waals surface area contributed by atoms with Gasteiger partial charge in [0, 0.05) is 6.42 Å². The molecule has 1 aliphatic heterocycles. The molecule has 9 heteroatoms. The van der Waals surface area contributed by atoms with Crippen molar-refractivity contribution in [2.45, 2.75) is 58.0 Å². The first-order valence-corrected chi connectivity index (χ1v) is 8.65. The Balaban J connectivity index is 1.90. The Labute approximate surface area is 155 Å². The van der Waals surface area contributed by atoms with Crippen LogP contribution in [0.4, 0.5) is 13.2 Å². The fourth-order valence-electron chi connectivity index (χ4n) is 3.44. The van der Waals surface area contributed by atoms with E-state index >= 15 is 0 Å². The highest BCUT2D eigenvalue weighted by atomic mass is 19.4. The maximum absolute atomic E-state index is 12.9. The highest BCUT2D eigenvalue weighted by Crippen LogP contribution is 2.34. The lowest BCUT2D eigenvalue weighted by Crippen LogP contribution is -2.51. The van der Waals surface area contributed by atoms with E-state index in [0.717, 1.165) is 17.7 Å². The lowest BCUT2D eigenvalue weighted by atomic mass is 9.89. The number of carbonyl (C=O) groups is 1. The molecule has 1 aliphatic rings. The molecular weight excluding hydrogens is 359 g/mol. The first-order chi connectivity index (χ1) is 12.5. The van der Waals surface area contributed by atoms with E-state index in [-0.39, 0.29) is 24.5 Å². The third-order valence-electron chi connectivity index (χ3n) is 4.87. The molecule has 1 fully saturated rings. The predicted molar refractivity (Wildman–Crippen MR) is 92.7 cm³/mol. The molecule has 1 saturated heterocycles. The van der Waals surface area contributed by atoms with E-state index in [0.29, 0.717) is 11.3 Å². The Hall–Kier alpha value is -2.42. The molecule has 0 radical (unpaired) electrons. The molecule has 146 valence electrons. The Morgan fingerprint density at radius 1 is 1.26 bits per heavy atom. The van der Waals surface area contributed by atoms with E-state index in [4.69, 9.17) is 0 Å². The Morgan fingerprint density at radius 2 is 1.96 bits per heavy atom. The summed E-state index contributed by atoms with van der Waals surface area (Å²) in [6.07, 6.45) is -2.56. The third-order valence-corrected chi connectivity index (χ3v) is 4.87. The lowest BCUT2D eigenvalue weighted by Gasteiger charge is -2.29. The van der Waals surface area contributed by atoms with Crippen molar-refractivity contribution in [2.75, 3.05) is 0 Å². The van der Waals surface area contributed by atoms with E-state index in [1.165, 1.54) is 6.07 Å². The lowest BCUT2D eigenvalue weighted by molar-refractivity contribution is -0.137. The normalized spacial score (nSPS) is 21.2. The number of alkyl halides is 3. The van der Waals surface area contributed by atoms with E-state index in [1.807, 2.05) is 20.8 Å². The number of carbonyl (C=O) groups excluding carboxylic acids is 1. The number of benzene rings is 1. The molecule has 0 bridgehead atoms. The van der Waals surface area contributed by atoms with Gasteiger partial charge in [0.25, 0.3) is 0 Å². The van der Waals surface area contributed by atoms with Gasteiger partial charge in [-0.1, -0.05) is 11.3 Å². The van der Waals surface area contributed by atoms with Crippen LogP contribution in [-0.2, 0) is 16.5 Å². The van der Waals surface area contributed by atoms with Crippen molar-refractivity contribution < 1.29 is 18.0 Å². The maximum Gasteiger partial charge on any atom is 0.416 e. The fourth-order valence-corrected chi connectivity index (χ4v) is 3.44. The van der Waals surface area contributed by atoms with E-state index in [2.05, 4.69) is 20.9 Å². The van der Waals surface area contributed by atoms with Gasteiger partial charge in [0.1, 0.15) is 5.69 Å². The zero-order valence-corrected chi connectivity index (χ0v) is 15.6. The topological polar surface area (TPSA) is 71.8 Å². The van der Waals surface area contributed by atoms with Gasteiger partial charge >= 0.3 is 6.18 Å². The number of nitrogens with zero attached hydrogens (tertiary/aromatic N) is 3. The van der Waals surface area contributed by atoms with E-state index < -0.39 is 17.3 Å². The monoisotopic (exact) mass is 381 g/mol. The maximum atomic E-state index is 12.9. The van der Waals surface area contributed by atoms with Crippen molar-refractivity contribution in [3.05, 3.63) is 46.8 Å². The van der Waals surface area contributed by atoms with Gasteiger partial charge in [-0.15, -0.1) is 5.10 Å². The number of aryl methyl sites for hydroxylation is 1. The number of hydrogen-bond acceptors (Lipinski definition) is 4. The van der Waals surface area contributed by atoms with Crippen molar-refractivity contribution in [1.29, 1.82) is 0 Å². The second kappa shape index (κ2) is 6.63. The van der Waals surface area contributed by atoms with Crippen molar-refractivity contribution in [1.82, 2.24) is 25.6 Å². The summed E-state index contributed by atoms with van der Waals surface area (Å²) in [5.74, 6) is -0.0707. The summed E-state index contributed by atoms with van der Waals surface area (Å²) in [5.41, 5.74) is 0.479. The average Bonchev–Trinajstić information content (AvgIpc) is 3.03. The van der Waals surface area contributed by atoms with E-state index in [9.17, 15) is 18.0 Å². The van der Waals surface area contributed by atoms with Crippen LogP contribution in [-0.4, -0.2) is 27.1 Å². The molecule has 2 aromatic rings. The Morgan fingerprint density at radius 3 is 2.56 bits per heavy atom. The van der Waals surface area contributed by atoms with Crippen LogP contribution < -0.4 is 10.6 Å². The number of hydrogen-bond donors (Lipinski definition) is 2. The van der Waals surface area contributed by atoms with E-state index in [1.54, 1.807) is 17.8 Å². The first kappa shape index (κ1) is 19.3. The number of halogens is 3. The minimum absolute atomic E-state index is 0.0707. The molecule has 6 nitrogen and oxygen atoms in total. The number of rotatable bonds is 3. The van der Waals surface area contributed by atoms with Crippen LogP contribution >= 0.6 is 0 Å². The molecule has 0 saturated carbocycles. The average molecular weight is 381 g/mol. The third kappa shape index (κ3) is 3.83. The summed E-state index contributed by atoms with van der Waals surface area (Å²) in [5, 5.41) is 14.4. The Bertz CT molecular complexity index is 859. The minimum Gasteiger partial charge on any atom is -0.341 e. The fraction of sp³-hybridized carbons (Fsp3) is 0.500. The second-order valence-electron chi connectivity index (χ2n) is 7.39. The van der Waals surface area contributed by atoms with Gasteiger partial charge < -0.3 is 5.32 Å². The SMILES string of the molecule is Cc1cc(C(F)(F)F)ccc1C(C)(C)n1cc(C2CC(=O)NC(C)N2)nn1. The molecule has 0 spiro atoms. The largest absolute Gasteiger partial charge is 0.416 e. The molecule has 2 unspecified atom stereocenters. The summed E-state index contributed by atoms with van der Waals surface area (Å²) in [7, 11) is 0. The highest BCUT2D eigenvalue weighted by molar-refractivity contribution is 5.77. The van der Waals surface area contributed by atoms with Crippen molar-refractivity contribution >= 4 is 5.91 Å². The highest BCUT2D eigenvalue weighted by Gasteiger charge is 2.34. The number of aromatic nitrogens is 3. The molecule has 0 aliphatic carbocycles. The Kier molecular flexibility index (Phi) is 4.75. The molecular formula is C18H22F3N5O. The molecule has 1 amide bonds. The molecule has 2 heterocycles. The molecule has 27 heavy (non-hydrogen) atoms. The first-order valence-electron chi connectivity index (χ1n) is 8.65. The molecule has 2 atom stereocenters. The van der Waals surface area contributed by atoms with Gasteiger partial charge in [-0.3, -0.25) is 10.1 Å². The summed E-state index contributed by atoms with van der Waals surface area (Å²) in [6, 6.07) is 3.45. The van der Waals surface area contributed by atoms with Crippen LogP contribution in [0.1, 0.15) is 55.6 Å². The van der Waals surface area contributed by atoms with Crippen LogP contribution in [0.5, 0.6) is 0 Å². The van der Waals surface area contributed by atoms with Crippen LogP contribution in [0.3, 0.4) is 0 Å². The summed E-state index contributed by atoms with van der Waals surface area (Å²) < 4.78 is 40.4. The van der Waals surface area contributed by atoms with Crippen LogP contribution in [0, 0.1) is 6.92 Å². The van der Waals surface area contributed by atoms with Gasteiger partial charge in [-0.25, -0.2) is 4.68 Å². The molecule has 3 rings (SSSR count). The number of nitrogens with one attached hydrogen (secondary N) is 2. The summed E-state index contributed by atoms with van der Waals surface area (Å²) in [4.78, 5) is 11.7. The van der Waals surface area contributed by atoms with Crippen LogP contribution in [0.25, 0.3) is 0 Å². The van der Waals surface area contributed by atoms with Gasteiger partial charge in [0.2, 0.25) is 5.91 Å². The second-order valence-corrected chi connectivity index (χ2v) is 7.39. The van der Waals surface area contributed by atoms with Crippen molar-refractivity contribution in [3.8, 4) is 0 Å². The summed E-state index contributed by atoms with van der Waals surface area (Å²) in [6.45, 7) is 7.22. The molecule has 1 aromatic carbocycles. The van der Waals surface area contributed by atoms with Gasteiger partial charge in [-0.2, -0.15) is 13.2 Å². The van der Waals surface area contributed by atoms with Crippen molar-refractivity contribution in [2.24, 2.45) is 0 Å². The zero-order chi connectivity index (χ0) is 20.0. The molecule has 1 aromatic heterocycles. The predicted octanol–water partition coefficient (Wildman–Crippen LogP) is 2.89. The van der Waals surface area contributed by atoms with Crippen LogP contribution in [0.2, 0.25) is 0 Å². The van der Waals surface area contributed by atoms with Gasteiger partial charge in [0.15, 0.2) is 0 Å². The number of amides is 1. The van der Waals surface area contributed by atoms with Crippen LogP contribution in [0.15, 0.2) is 24.4 Å². The molecule has 2 N–H and O–H groups in total.